The first-order valence-corrected chi connectivity index (χ1v) is 5.97. The molecule has 15 heavy (non-hydrogen) atoms. The summed E-state index contributed by atoms with van der Waals surface area (Å²) in [5, 5.41) is 0. The van der Waals surface area contributed by atoms with Crippen LogP contribution in [0.4, 0.5) is 4.39 Å². The maximum Gasteiger partial charge on any atom is 0.169 e. The molecular weight excluding hydrogens is 328 g/mol. The molecule has 76 valence electrons. The Balaban J connectivity index is 2.52. The van der Waals surface area contributed by atoms with Crippen LogP contribution in [0.2, 0.25) is 0 Å². The monoisotopic (exact) mass is 333 g/mol. The van der Waals surface area contributed by atoms with Gasteiger partial charge in [-0.1, -0.05) is 12.1 Å². The quantitative estimate of drug-likeness (QED) is 0.623. The number of hydrogen-bond donors (Lipinski definition) is 0. The summed E-state index contributed by atoms with van der Waals surface area (Å²) >= 11 is 3.48. The Morgan fingerprint density at radius 3 is 2.60 bits per heavy atom. The topological polar surface area (TPSA) is 30.0 Å². The van der Waals surface area contributed by atoms with Gasteiger partial charge in [-0.25, -0.2) is 9.37 Å². The second-order valence-electron chi connectivity index (χ2n) is 2.81. The molecule has 2 nitrogen and oxygen atoms in total. The lowest BCUT2D eigenvalue weighted by Crippen LogP contribution is -1.84. The highest BCUT2D eigenvalue weighted by molar-refractivity contribution is 14.1. The minimum Gasteiger partial charge on any atom is -0.296 e. The third-order valence-electron chi connectivity index (χ3n) is 1.85. The van der Waals surface area contributed by atoms with Crippen LogP contribution in [0.25, 0.3) is 10.4 Å². The number of aldehydes is 1. The van der Waals surface area contributed by atoms with Crippen LogP contribution in [0.5, 0.6) is 0 Å². The summed E-state index contributed by atoms with van der Waals surface area (Å²) in [6, 6.07) is 6.03. The Labute approximate surface area is 103 Å². The van der Waals surface area contributed by atoms with Crippen molar-refractivity contribution >= 4 is 40.2 Å². The van der Waals surface area contributed by atoms with Gasteiger partial charge < -0.3 is 0 Å². The zero-order chi connectivity index (χ0) is 10.8. The van der Waals surface area contributed by atoms with Crippen LogP contribution in [0, 0.1) is 8.83 Å². The predicted octanol–water partition coefficient (Wildman–Crippen LogP) is 3.37. The number of hydrogen-bond acceptors (Lipinski definition) is 3. The molecule has 5 heteroatoms. The van der Waals surface area contributed by atoms with Crippen LogP contribution >= 0.6 is 33.9 Å². The van der Waals surface area contributed by atoms with E-state index in [0.717, 1.165) is 19.7 Å². The van der Waals surface area contributed by atoms with Crippen LogP contribution in [-0.4, -0.2) is 11.3 Å². The van der Waals surface area contributed by atoms with Crippen molar-refractivity contribution in [2.24, 2.45) is 0 Å². The molecule has 0 N–H and O–H groups in total. The molecule has 0 bridgehead atoms. The first-order chi connectivity index (χ1) is 7.20. The molecule has 0 unspecified atom stereocenters. The SMILES string of the molecule is O=Cc1nc(I)sc1-c1ccc(F)cc1. The minimum absolute atomic E-state index is 0.286. The molecule has 0 aliphatic heterocycles. The molecule has 0 amide bonds. The lowest BCUT2D eigenvalue weighted by Gasteiger charge is -1.96. The third-order valence-corrected chi connectivity index (χ3v) is 3.66. The van der Waals surface area contributed by atoms with Crippen molar-refractivity contribution in [2.75, 3.05) is 0 Å². The molecule has 0 saturated carbocycles. The zero-order valence-electron chi connectivity index (χ0n) is 7.41. The van der Waals surface area contributed by atoms with Gasteiger partial charge in [0.15, 0.2) is 9.30 Å². The van der Waals surface area contributed by atoms with Crippen molar-refractivity contribution in [3.8, 4) is 10.4 Å². The molecule has 1 aromatic heterocycles. The van der Waals surface area contributed by atoms with E-state index in [1.807, 2.05) is 0 Å². The second-order valence-corrected chi connectivity index (χ2v) is 5.56. The van der Waals surface area contributed by atoms with Crippen LogP contribution in [-0.2, 0) is 0 Å². The summed E-state index contributed by atoms with van der Waals surface area (Å²) in [5.74, 6) is -0.286. The largest absolute Gasteiger partial charge is 0.296 e. The van der Waals surface area contributed by atoms with E-state index in [1.165, 1.54) is 23.5 Å². The summed E-state index contributed by atoms with van der Waals surface area (Å²) in [6.45, 7) is 0. The summed E-state index contributed by atoms with van der Waals surface area (Å²) in [4.78, 5) is 15.6. The first kappa shape index (κ1) is 10.7. The van der Waals surface area contributed by atoms with Crippen molar-refractivity contribution < 1.29 is 9.18 Å². The highest BCUT2D eigenvalue weighted by Crippen LogP contribution is 2.30. The van der Waals surface area contributed by atoms with Gasteiger partial charge in [-0.2, -0.15) is 0 Å². The van der Waals surface area contributed by atoms with Crippen LogP contribution in [0.1, 0.15) is 10.5 Å². The van der Waals surface area contributed by atoms with Crippen molar-refractivity contribution in [1.29, 1.82) is 0 Å². The highest BCUT2D eigenvalue weighted by atomic mass is 127. The van der Waals surface area contributed by atoms with Gasteiger partial charge in [0.25, 0.3) is 0 Å². The van der Waals surface area contributed by atoms with Crippen LogP contribution < -0.4 is 0 Å². The molecule has 1 aromatic carbocycles. The van der Waals surface area contributed by atoms with Crippen LogP contribution in [0.15, 0.2) is 24.3 Å². The number of thiazole rings is 1. The molecule has 1 heterocycles. The zero-order valence-corrected chi connectivity index (χ0v) is 10.4. The molecule has 0 fully saturated rings. The van der Waals surface area contributed by atoms with Crippen molar-refractivity contribution in [2.45, 2.75) is 0 Å². The van der Waals surface area contributed by atoms with E-state index in [4.69, 9.17) is 0 Å². The summed E-state index contributed by atoms with van der Waals surface area (Å²) in [6.07, 6.45) is 0.720. The lowest BCUT2D eigenvalue weighted by atomic mass is 10.1. The van der Waals surface area contributed by atoms with Gasteiger partial charge in [0.1, 0.15) is 11.5 Å². The fourth-order valence-electron chi connectivity index (χ4n) is 1.19. The molecule has 0 aliphatic carbocycles. The number of benzene rings is 1. The number of carbonyl (C=O) groups excluding carboxylic acids is 1. The molecule has 2 aromatic rings. The Kier molecular flexibility index (Phi) is 3.11. The van der Waals surface area contributed by atoms with E-state index in [2.05, 4.69) is 27.6 Å². The number of carbonyl (C=O) groups is 1. The maximum atomic E-state index is 12.7. The smallest absolute Gasteiger partial charge is 0.169 e. The molecule has 0 atom stereocenters. The Morgan fingerprint density at radius 1 is 1.33 bits per heavy atom. The second kappa shape index (κ2) is 4.36. The Bertz CT molecular complexity index is 495. The Hall–Kier alpha value is -0.820. The first-order valence-electron chi connectivity index (χ1n) is 4.08. The van der Waals surface area contributed by atoms with Gasteiger partial charge in [-0.05, 0) is 40.3 Å². The number of nitrogens with zero attached hydrogens (tertiary/aromatic N) is 1. The van der Waals surface area contributed by atoms with E-state index in [9.17, 15) is 9.18 Å². The highest BCUT2D eigenvalue weighted by Gasteiger charge is 2.10. The molecule has 2 rings (SSSR count). The molecule has 0 aliphatic rings. The maximum absolute atomic E-state index is 12.7. The fraction of sp³-hybridized carbons (Fsp3) is 0. The number of rotatable bonds is 2. The standard InChI is InChI=1S/C10H5FINOS/c11-7-3-1-6(2-4-7)9-8(5-14)13-10(12)15-9/h1-5H. The molecule has 0 spiro atoms. The van der Waals surface area contributed by atoms with Crippen molar-refractivity contribution in [1.82, 2.24) is 4.98 Å². The van der Waals surface area contributed by atoms with E-state index < -0.39 is 0 Å². The summed E-state index contributed by atoms with van der Waals surface area (Å²) in [7, 11) is 0. The predicted molar refractivity (Wildman–Crippen MR) is 65.6 cm³/mol. The van der Waals surface area contributed by atoms with E-state index in [-0.39, 0.29) is 5.82 Å². The number of halogens is 2. The molecular formula is C10H5FINOS. The van der Waals surface area contributed by atoms with E-state index >= 15 is 0 Å². The molecule has 0 saturated heterocycles. The van der Waals surface area contributed by atoms with Gasteiger partial charge >= 0.3 is 0 Å². The van der Waals surface area contributed by atoms with Crippen molar-refractivity contribution in [3.63, 3.8) is 0 Å². The van der Waals surface area contributed by atoms with Gasteiger partial charge in [0, 0.05) is 0 Å². The average Bonchev–Trinajstić information content (AvgIpc) is 2.61. The normalized spacial score (nSPS) is 10.3. The lowest BCUT2D eigenvalue weighted by molar-refractivity contribution is 0.112. The number of aromatic nitrogens is 1. The Morgan fingerprint density at radius 2 is 2.00 bits per heavy atom. The fourth-order valence-corrected chi connectivity index (χ4v) is 2.88. The average molecular weight is 333 g/mol. The van der Waals surface area contributed by atoms with Gasteiger partial charge in [0.2, 0.25) is 0 Å². The van der Waals surface area contributed by atoms with E-state index in [1.54, 1.807) is 12.1 Å². The van der Waals surface area contributed by atoms with Gasteiger partial charge in [-0.3, -0.25) is 4.79 Å². The third kappa shape index (κ3) is 2.23. The summed E-state index contributed by atoms with van der Waals surface area (Å²) < 4.78 is 13.5. The van der Waals surface area contributed by atoms with E-state index in [0.29, 0.717) is 5.69 Å². The minimum atomic E-state index is -0.286. The van der Waals surface area contributed by atoms with Gasteiger partial charge in [-0.15, -0.1) is 11.3 Å². The van der Waals surface area contributed by atoms with Crippen LogP contribution in [0.3, 0.4) is 0 Å². The van der Waals surface area contributed by atoms with Gasteiger partial charge in [0.05, 0.1) is 4.88 Å². The summed E-state index contributed by atoms with van der Waals surface area (Å²) in [5.41, 5.74) is 1.23. The molecule has 0 radical (unpaired) electrons. The van der Waals surface area contributed by atoms with Crippen molar-refractivity contribution in [3.05, 3.63) is 38.8 Å².